The molecule has 0 aliphatic heterocycles. The van der Waals surface area contributed by atoms with Crippen molar-refractivity contribution in [3.8, 4) is 0 Å². The maximum absolute atomic E-state index is 11.2. The van der Waals surface area contributed by atoms with Crippen molar-refractivity contribution in [1.82, 2.24) is 4.98 Å². The number of aromatic nitrogens is 1. The van der Waals surface area contributed by atoms with E-state index < -0.39 is 4.92 Å². The van der Waals surface area contributed by atoms with Gasteiger partial charge in [0.05, 0.1) is 11.5 Å². The second kappa shape index (κ2) is 6.29. The van der Waals surface area contributed by atoms with Crippen LogP contribution in [0.5, 0.6) is 0 Å². The largest absolute Gasteiger partial charge is 0.395 e. The number of aliphatic hydroxyl groups is 1. The maximum Gasteiger partial charge on any atom is 0.312 e. The first-order valence-corrected chi connectivity index (χ1v) is 7.10. The average Bonchev–Trinajstić information content (AvgIpc) is 2.90. The molecule has 0 amide bonds. The Bertz CT molecular complexity index is 464. The second-order valence-electron chi connectivity index (χ2n) is 4.61. The molecule has 7 heteroatoms. The zero-order chi connectivity index (χ0) is 13.8. The minimum atomic E-state index is -0.424. The lowest BCUT2D eigenvalue weighted by Crippen LogP contribution is -2.36. The van der Waals surface area contributed by atoms with E-state index in [9.17, 15) is 15.2 Å². The summed E-state index contributed by atoms with van der Waals surface area (Å²) in [6.07, 6.45) is 5.79. The van der Waals surface area contributed by atoms with Gasteiger partial charge in [-0.15, -0.1) is 0 Å². The molecular weight excluding hydrogens is 314 g/mol. The van der Waals surface area contributed by atoms with Crippen LogP contribution in [0, 0.1) is 10.1 Å². The molecule has 1 N–H and O–H groups in total. The first kappa shape index (κ1) is 14.2. The molecule has 19 heavy (non-hydrogen) atoms. The van der Waals surface area contributed by atoms with Gasteiger partial charge in [-0.25, -0.2) is 4.98 Å². The summed E-state index contributed by atoms with van der Waals surface area (Å²) in [6.45, 7) is 0.339. The first-order chi connectivity index (χ1) is 9.13. The van der Waals surface area contributed by atoms with Gasteiger partial charge in [-0.3, -0.25) is 10.1 Å². The lowest BCUT2D eigenvalue weighted by Gasteiger charge is -2.28. The molecule has 6 nitrogen and oxygen atoms in total. The summed E-state index contributed by atoms with van der Waals surface area (Å²) < 4.78 is 0.582. The number of rotatable bonds is 5. The number of nitro groups is 1. The molecule has 1 saturated carbocycles. The third-order valence-electron chi connectivity index (χ3n) is 3.39. The molecule has 1 aliphatic rings. The number of hydrogen-bond acceptors (Lipinski definition) is 5. The van der Waals surface area contributed by atoms with Crippen LogP contribution in [0.15, 0.2) is 16.7 Å². The topological polar surface area (TPSA) is 79.5 Å². The Balaban J connectivity index is 2.37. The van der Waals surface area contributed by atoms with E-state index in [0.29, 0.717) is 16.8 Å². The maximum atomic E-state index is 11.2. The van der Waals surface area contributed by atoms with Gasteiger partial charge in [-0.2, -0.15) is 0 Å². The van der Waals surface area contributed by atoms with Crippen LogP contribution in [-0.4, -0.2) is 34.2 Å². The smallest absolute Gasteiger partial charge is 0.312 e. The van der Waals surface area contributed by atoms with E-state index in [1.54, 1.807) is 6.20 Å². The van der Waals surface area contributed by atoms with Gasteiger partial charge < -0.3 is 10.0 Å². The van der Waals surface area contributed by atoms with E-state index in [1.165, 1.54) is 6.07 Å². The number of halogens is 1. The van der Waals surface area contributed by atoms with Crippen molar-refractivity contribution >= 4 is 27.4 Å². The molecule has 0 bridgehead atoms. The van der Waals surface area contributed by atoms with Gasteiger partial charge in [-0.05, 0) is 28.8 Å². The highest BCUT2D eigenvalue weighted by Gasteiger charge is 2.29. The fraction of sp³-hybridized carbons (Fsp3) is 0.583. The third kappa shape index (κ3) is 3.22. The van der Waals surface area contributed by atoms with Crippen molar-refractivity contribution in [2.45, 2.75) is 31.7 Å². The first-order valence-electron chi connectivity index (χ1n) is 6.31. The molecule has 0 aromatic carbocycles. The highest BCUT2D eigenvalue weighted by molar-refractivity contribution is 9.10. The quantitative estimate of drug-likeness (QED) is 0.663. The van der Waals surface area contributed by atoms with E-state index in [2.05, 4.69) is 20.9 Å². The number of pyridine rings is 1. The van der Waals surface area contributed by atoms with Crippen LogP contribution < -0.4 is 4.90 Å². The minimum absolute atomic E-state index is 0.0188. The normalized spacial score (nSPS) is 15.7. The summed E-state index contributed by atoms with van der Waals surface area (Å²) >= 11 is 3.20. The summed E-state index contributed by atoms with van der Waals surface area (Å²) in [5.74, 6) is 0.356. The molecule has 2 rings (SSSR count). The molecule has 0 saturated heterocycles. The van der Waals surface area contributed by atoms with Gasteiger partial charge in [0.2, 0.25) is 5.82 Å². The summed E-state index contributed by atoms with van der Waals surface area (Å²) in [4.78, 5) is 16.8. The summed E-state index contributed by atoms with van der Waals surface area (Å²) in [5.41, 5.74) is -0.0188. The standard InChI is InChI=1S/C12H16BrN3O3/c13-9-7-11(16(18)19)12(14-8-9)15(5-6-17)10-3-1-2-4-10/h7-8,10,17H,1-6H2. The molecule has 1 fully saturated rings. The molecule has 1 aromatic rings. The number of hydrogen-bond donors (Lipinski definition) is 1. The lowest BCUT2D eigenvalue weighted by atomic mass is 10.2. The van der Waals surface area contributed by atoms with Crippen LogP contribution in [-0.2, 0) is 0 Å². The van der Waals surface area contributed by atoms with Gasteiger partial charge in [0.25, 0.3) is 0 Å². The molecule has 0 spiro atoms. The Labute approximate surface area is 119 Å². The number of nitrogens with zero attached hydrogens (tertiary/aromatic N) is 3. The molecule has 1 aliphatic carbocycles. The summed E-state index contributed by atoms with van der Waals surface area (Å²) in [5, 5.41) is 20.3. The van der Waals surface area contributed by atoms with Gasteiger partial charge in [-0.1, -0.05) is 12.8 Å². The van der Waals surface area contributed by atoms with E-state index in [4.69, 9.17) is 0 Å². The molecule has 0 atom stereocenters. The van der Waals surface area contributed by atoms with Crippen LogP contribution >= 0.6 is 15.9 Å². The van der Waals surface area contributed by atoms with E-state index >= 15 is 0 Å². The zero-order valence-corrected chi connectivity index (χ0v) is 12.0. The molecule has 0 unspecified atom stereocenters. The van der Waals surface area contributed by atoms with E-state index in [0.717, 1.165) is 25.7 Å². The van der Waals surface area contributed by atoms with Gasteiger partial charge >= 0.3 is 5.69 Å². The van der Waals surface area contributed by atoms with Crippen LogP contribution in [0.25, 0.3) is 0 Å². The van der Waals surface area contributed by atoms with Crippen molar-refractivity contribution in [2.24, 2.45) is 0 Å². The van der Waals surface area contributed by atoms with Crippen molar-refractivity contribution in [3.05, 3.63) is 26.9 Å². The van der Waals surface area contributed by atoms with Crippen molar-refractivity contribution in [1.29, 1.82) is 0 Å². The average molecular weight is 330 g/mol. The number of aliphatic hydroxyl groups excluding tert-OH is 1. The van der Waals surface area contributed by atoms with E-state index in [-0.39, 0.29) is 18.3 Å². The van der Waals surface area contributed by atoms with E-state index in [1.807, 2.05) is 4.90 Å². The van der Waals surface area contributed by atoms with Crippen molar-refractivity contribution in [2.75, 3.05) is 18.1 Å². The lowest BCUT2D eigenvalue weighted by molar-refractivity contribution is -0.384. The summed E-state index contributed by atoms with van der Waals surface area (Å²) in [7, 11) is 0. The Morgan fingerprint density at radius 2 is 2.21 bits per heavy atom. The van der Waals surface area contributed by atoms with Crippen LogP contribution in [0.1, 0.15) is 25.7 Å². The minimum Gasteiger partial charge on any atom is -0.395 e. The molecular formula is C12H16BrN3O3. The predicted octanol–water partition coefficient (Wildman–Crippen LogP) is 2.49. The van der Waals surface area contributed by atoms with Crippen molar-refractivity contribution < 1.29 is 10.0 Å². The Morgan fingerprint density at radius 1 is 1.53 bits per heavy atom. The third-order valence-corrected chi connectivity index (χ3v) is 3.82. The highest BCUT2D eigenvalue weighted by Crippen LogP contribution is 2.33. The van der Waals surface area contributed by atoms with Gasteiger partial charge in [0.1, 0.15) is 0 Å². The monoisotopic (exact) mass is 329 g/mol. The Morgan fingerprint density at radius 3 is 2.79 bits per heavy atom. The molecule has 104 valence electrons. The molecule has 0 radical (unpaired) electrons. The Kier molecular flexibility index (Phi) is 4.71. The Hall–Kier alpha value is -1.21. The van der Waals surface area contributed by atoms with Crippen LogP contribution in [0.2, 0.25) is 0 Å². The molecule has 1 aromatic heterocycles. The predicted molar refractivity (Wildman–Crippen MR) is 75.3 cm³/mol. The fourth-order valence-corrected chi connectivity index (χ4v) is 2.88. The van der Waals surface area contributed by atoms with Crippen LogP contribution in [0.3, 0.4) is 0 Å². The van der Waals surface area contributed by atoms with Crippen LogP contribution in [0.4, 0.5) is 11.5 Å². The zero-order valence-electron chi connectivity index (χ0n) is 10.5. The number of anilines is 1. The fourth-order valence-electron chi connectivity index (χ4n) is 2.56. The molecule has 1 heterocycles. The summed E-state index contributed by atoms with van der Waals surface area (Å²) in [6, 6.07) is 1.70. The van der Waals surface area contributed by atoms with Crippen molar-refractivity contribution in [3.63, 3.8) is 0 Å². The second-order valence-corrected chi connectivity index (χ2v) is 5.52. The van der Waals surface area contributed by atoms with Gasteiger partial charge in [0.15, 0.2) is 0 Å². The SMILES string of the molecule is O=[N+]([O-])c1cc(Br)cnc1N(CCO)C1CCCC1. The highest BCUT2D eigenvalue weighted by atomic mass is 79.9. The van der Waals surface area contributed by atoms with Gasteiger partial charge in [0, 0.05) is 29.3 Å².